The maximum absolute atomic E-state index is 6.22. The van der Waals surface area contributed by atoms with Crippen LogP contribution < -0.4 is 9.47 Å². The third-order valence-electron chi connectivity index (χ3n) is 5.47. The molecule has 6 heteroatoms. The van der Waals surface area contributed by atoms with Crippen LogP contribution in [-0.2, 0) is 14.2 Å². The quantitative estimate of drug-likeness (QED) is 0.470. The number of methoxy groups -OCH3 is 3. The summed E-state index contributed by atoms with van der Waals surface area (Å²) in [7, 11) is 5.05. The fourth-order valence-electron chi connectivity index (χ4n) is 3.97. The molecule has 0 fully saturated rings. The molecule has 0 amide bonds. The van der Waals surface area contributed by atoms with Gasteiger partial charge in [0, 0.05) is 56.0 Å². The van der Waals surface area contributed by atoms with Crippen molar-refractivity contribution in [3.63, 3.8) is 0 Å². The van der Waals surface area contributed by atoms with Gasteiger partial charge < -0.3 is 23.7 Å². The number of fused-ring (bicyclic) bond motifs is 3. The van der Waals surface area contributed by atoms with Crippen molar-refractivity contribution >= 4 is 6.08 Å². The molecule has 0 radical (unpaired) electrons. The number of ether oxygens (including phenoxy) is 5. The van der Waals surface area contributed by atoms with Crippen LogP contribution in [0, 0.1) is 43.5 Å². The van der Waals surface area contributed by atoms with Crippen LogP contribution >= 0.6 is 0 Å². The predicted octanol–water partition coefficient (Wildman–Crippen LogP) is 4.28. The van der Waals surface area contributed by atoms with E-state index in [0.29, 0.717) is 13.0 Å². The molecule has 2 atom stereocenters. The normalized spacial score (nSPS) is 24.0. The summed E-state index contributed by atoms with van der Waals surface area (Å²) in [5, 5.41) is 0. The molecular formula is C23H27O5U-. The van der Waals surface area contributed by atoms with Gasteiger partial charge in [-0.25, -0.2) is 0 Å². The van der Waals surface area contributed by atoms with Crippen molar-refractivity contribution in [1.82, 2.24) is 0 Å². The van der Waals surface area contributed by atoms with Crippen LogP contribution in [0.25, 0.3) is 6.08 Å². The van der Waals surface area contributed by atoms with Crippen molar-refractivity contribution in [1.29, 1.82) is 0 Å². The molecule has 154 valence electrons. The maximum atomic E-state index is 6.22. The summed E-state index contributed by atoms with van der Waals surface area (Å²) >= 11 is 0. The first-order valence-corrected chi connectivity index (χ1v) is 9.54. The summed E-state index contributed by atoms with van der Waals surface area (Å²) in [5.74, 6) is 3.53. The van der Waals surface area contributed by atoms with Crippen molar-refractivity contribution in [2.24, 2.45) is 5.92 Å². The average Bonchev–Trinajstić information content (AvgIpc) is 2.71. The third-order valence-corrected chi connectivity index (χ3v) is 5.47. The van der Waals surface area contributed by atoms with Gasteiger partial charge in [0.15, 0.2) is 0 Å². The molecule has 0 spiro atoms. The summed E-state index contributed by atoms with van der Waals surface area (Å²) in [6, 6.07) is 4.08. The minimum atomic E-state index is -0.304. The zero-order valence-corrected chi connectivity index (χ0v) is 21.7. The number of rotatable bonds is 4. The van der Waals surface area contributed by atoms with Crippen LogP contribution in [0.15, 0.2) is 41.4 Å². The molecular weight excluding hydrogens is 594 g/mol. The Hall–Kier alpha value is -1.48. The van der Waals surface area contributed by atoms with E-state index in [-0.39, 0.29) is 48.7 Å². The fourth-order valence-corrected chi connectivity index (χ4v) is 3.97. The molecule has 0 N–H and O–H groups in total. The Bertz CT molecular complexity index is 868. The van der Waals surface area contributed by atoms with Crippen LogP contribution in [-0.4, -0.2) is 39.6 Å². The van der Waals surface area contributed by atoms with Crippen LogP contribution in [0.4, 0.5) is 0 Å². The Morgan fingerprint density at radius 3 is 2.62 bits per heavy atom. The summed E-state index contributed by atoms with van der Waals surface area (Å²) in [6.45, 7) is 4.63. The minimum Gasteiger partial charge on any atom is -0.550 e. The van der Waals surface area contributed by atoms with Gasteiger partial charge in [0.05, 0.1) is 20.8 Å². The summed E-state index contributed by atoms with van der Waals surface area (Å²) in [5.41, 5.74) is 2.83. The first kappa shape index (κ1) is 22.2. The number of allylic oxidation sites excluding steroid dienone is 1. The van der Waals surface area contributed by atoms with Gasteiger partial charge in [0.2, 0.25) is 0 Å². The fraction of sp³-hybridized carbons (Fsp3) is 0.435. The van der Waals surface area contributed by atoms with Gasteiger partial charge in [0.25, 0.3) is 0 Å². The zero-order chi connectivity index (χ0) is 19.9. The minimum absolute atomic E-state index is 0. The van der Waals surface area contributed by atoms with Crippen molar-refractivity contribution < 1.29 is 54.8 Å². The van der Waals surface area contributed by atoms with E-state index in [1.54, 1.807) is 21.3 Å². The second kappa shape index (κ2) is 8.72. The Morgan fingerprint density at radius 1 is 1.14 bits per heavy atom. The van der Waals surface area contributed by atoms with Crippen LogP contribution in [0.3, 0.4) is 0 Å². The first-order valence-electron chi connectivity index (χ1n) is 9.54. The van der Waals surface area contributed by atoms with Crippen LogP contribution in [0.5, 0.6) is 11.5 Å². The Kier molecular flexibility index (Phi) is 6.68. The van der Waals surface area contributed by atoms with E-state index in [4.69, 9.17) is 23.7 Å². The number of benzene rings is 1. The Balaban J connectivity index is 0.00000240. The molecule has 1 aliphatic carbocycles. The van der Waals surface area contributed by atoms with Gasteiger partial charge in [-0.15, -0.1) is 5.56 Å². The predicted molar refractivity (Wildman–Crippen MR) is 107 cm³/mol. The maximum Gasteiger partial charge on any atom is 0.125 e. The van der Waals surface area contributed by atoms with Crippen molar-refractivity contribution in [2.75, 3.05) is 27.9 Å². The average molecular weight is 621 g/mol. The van der Waals surface area contributed by atoms with E-state index in [1.165, 1.54) is 0 Å². The summed E-state index contributed by atoms with van der Waals surface area (Å²) in [6.07, 6.45) is 8.94. The molecule has 1 aromatic rings. The monoisotopic (exact) mass is 621 g/mol. The van der Waals surface area contributed by atoms with E-state index >= 15 is 0 Å². The molecule has 4 rings (SSSR count). The summed E-state index contributed by atoms with van der Waals surface area (Å²) in [4.78, 5) is 0. The Morgan fingerprint density at radius 2 is 1.93 bits per heavy atom. The molecule has 29 heavy (non-hydrogen) atoms. The first-order chi connectivity index (χ1) is 13.5. The van der Waals surface area contributed by atoms with Gasteiger partial charge in [-0.3, -0.25) is 0 Å². The molecule has 0 saturated heterocycles. The third kappa shape index (κ3) is 4.21. The smallest absolute Gasteiger partial charge is 0.125 e. The summed E-state index contributed by atoms with van der Waals surface area (Å²) < 4.78 is 29.0. The standard InChI is InChI=1S/C23H27O5.U/c1-23(2)9-8-16-18(28-23)7-6-14-10-15(13-27-22(14)16)17-11-20(25-4)21(26-5)12-19(17)24-3;/h6-11,15,21H,12-13H2,1-5H3;/q-1;. The molecule has 2 aliphatic heterocycles. The second-order valence-electron chi connectivity index (χ2n) is 7.78. The van der Waals surface area contributed by atoms with Gasteiger partial charge in [-0.1, -0.05) is 12.1 Å². The molecule has 3 aliphatic rings. The van der Waals surface area contributed by atoms with Gasteiger partial charge in [0.1, 0.15) is 29.0 Å². The molecule has 0 aromatic heterocycles. The SMILES string of the molecule is COC1=CC(C2[CH-]c3ccc4c(c3OC2)C=CC(C)(C)O4)=C(OC)CC1OC.[U]. The van der Waals surface area contributed by atoms with E-state index in [2.05, 4.69) is 24.6 Å². The van der Waals surface area contributed by atoms with Crippen molar-refractivity contribution in [2.45, 2.75) is 32.0 Å². The molecule has 0 saturated carbocycles. The molecule has 5 nitrogen and oxygen atoms in total. The van der Waals surface area contributed by atoms with E-state index in [9.17, 15) is 0 Å². The van der Waals surface area contributed by atoms with Crippen LogP contribution in [0.1, 0.15) is 31.4 Å². The van der Waals surface area contributed by atoms with E-state index in [0.717, 1.165) is 39.7 Å². The Labute approximate surface area is 196 Å². The molecule has 0 bridgehead atoms. The molecule has 2 unspecified atom stereocenters. The van der Waals surface area contributed by atoms with Gasteiger partial charge in [-0.05, 0) is 37.5 Å². The molecule has 1 aromatic carbocycles. The number of hydrogen-bond acceptors (Lipinski definition) is 5. The largest absolute Gasteiger partial charge is 0.550 e. The van der Waals surface area contributed by atoms with Crippen molar-refractivity contribution in [3.8, 4) is 11.5 Å². The van der Waals surface area contributed by atoms with E-state index < -0.39 is 0 Å². The zero-order valence-electron chi connectivity index (χ0n) is 17.6. The molecule has 2 heterocycles. The van der Waals surface area contributed by atoms with E-state index in [1.807, 2.05) is 26.0 Å². The van der Waals surface area contributed by atoms with Gasteiger partial charge in [-0.2, -0.15) is 12.5 Å². The second-order valence-corrected chi connectivity index (χ2v) is 7.78. The number of hydrogen-bond donors (Lipinski definition) is 0. The van der Waals surface area contributed by atoms with Crippen LogP contribution in [0.2, 0.25) is 0 Å². The van der Waals surface area contributed by atoms with Crippen molar-refractivity contribution in [3.05, 3.63) is 58.9 Å². The van der Waals surface area contributed by atoms with Gasteiger partial charge >= 0.3 is 0 Å². The topological polar surface area (TPSA) is 46.2 Å².